The molecule has 0 aromatic heterocycles. The Kier molecular flexibility index (Phi) is 3.78. The van der Waals surface area contributed by atoms with E-state index in [0.717, 1.165) is 25.7 Å². The molecule has 5 heteroatoms. The van der Waals surface area contributed by atoms with Gasteiger partial charge in [0.05, 0.1) is 19.1 Å². The normalized spacial score (nSPS) is 31.6. The Morgan fingerprint density at radius 2 is 2.11 bits per heavy atom. The Morgan fingerprint density at radius 1 is 1.44 bits per heavy atom. The molecule has 0 N–H and O–H groups in total. The minimum atomic E-state index is -0.351. The highest BCUT2D eigenvalue weighted by Crippen LogP contribution is 2.39. The Morgan fingerprint density at radius 3 is 2.61 bits per heavy atom. The van der Waals surface area contributed by atoms with Gasteiger partial charge in [-0.2, -0.15) is 0 Å². The van der Waals surface area contributed by atoms with Gasteiger partial charge < -0.3 is 14.4 Å². The molecule has 1 aliphatic heterocycles. The summed E-state index contributed by atoms with van der Waals surface area (Å²) in [7, 11) is 0. The van der Waals surface area contributed by atoms with Gasteiger partial charge in [-0.25, -0.2) is 4.79 Å². The lowest BCUT2D eigenvalue weighted by Gasteiger charge is -2.34. The number of hydrogen-bond donors (Lipinski definition) is 0. The van der Waals surface area contributed by atoms with Gasteiger partial charge in [0, 0.05) is 6.54 Å². The first-order valence-corrected chi connectivity index (χ1v) is 6.75. The Balaban J connectivity index is 1.91. The second kappa shape index (κ2) is 5.16. The molecule has 1 spiro atoms. The lowest BCUT2D eigenvalue weighted by molar-refractivity contribution is -0.150. The van der Waals surface area contributed by atoms with E-state index in [-0.39, 0.29) is 23.6 Å². The molecule has 2 aliphatic rings. The van der Waals surface area contributed by atoms with Crippen LogP contribution < -0.4 is 0 Å². The molecular formula is C13H21NO4. The molecule has 2 rings (SSSR count). The monoisotopic (exact) mass is 255 g/mol. The number of ether oxygens (including phenoxy) is 2. The summed E-state index contributed by atoms with van der Waals surface area (Å²) in [4.78, 5) is 25.0. The van der Waals surface area contributed by atoms with Gasteiger partial charge >= 0.3 is 12.1 Å². The second-order valence-corrected chi connectivity index (χ2v) is 5.09. The highest BCUT2D eigenvalue weighted by atomic mass is 16.6. The van der Waals surface area contributed by atoms with Crippen LogP contribution in [0.2, 0.25) is 0 Å². The lowest BCUT2D eigenvalue weighted by atomic mass is 9.79. The summed E-state index contributed by atoms with van der Waals surface area (Å²) >= 11 is 0. The molecule has 18 heavy (non-hydrogen) atoms. The third-order valence-corrected chi connectivity index (χ3v) is 3.94. The molecule has 0 bridgehead atoms. The maximum absolute atomic E-state index is 11.6. The maximum atomic E-state index is 11.6. The smallest absolute Gasteiger partial charge is 0.410 e. The van der Waals surface area contributed by atoms with Crippen molar-refractivity contribution < 1.29 is 19.1 Å². The molecule has 1 heterocycles. The van der Waals surface area contributed by atoms with Gasteiger partial charge in [-0.1, -0.05) is 0 Å². The van der Waals surface area contributed by atoms with E-state index < -0.39 is 0 Å². The van der Waals surface area contributed by atoms with Crippen LogP contribution in [0.3, 0.4) is 0 Å². The van der Waals surface area contributed by atoms with Gasteiger partial charge in [0.25, 0.3) is 0 Å². The summed E-state index contributed by atoms with van der Waals surface area (Å²) in [6, 6.07) is 0. The third-order valence-electron chi connectivity index (χ3n) is 3.94. The molecule has 0 aromatic rings. The first-order valence-electron chi connectivity index (χ1n) is 6.75. The van der Waals surface area contributed by atoms with Crippen LogP contribution in [0.25, 0.3) is 0 Å². The fourth-order valence-corrected chi connectivity index (χ4v) is 2.84. The average molecular weight is 255 g/mol. The largest absolute Gasteiger partial charge is 0.466 e. The summed E-state index contributed by atoms with van der Waals surface area (Å²) in [6.45, 7) is 5.55. The number of amides is 1. The average Bonchev–Trinajstić information content (AvgIpc) is 2.67. The quantitative estimate of drug-likeness (QED) is 0.723. The molecule has 0 atom stereocenters. The van der Waals surface area contributed by atoms with Crippen LogP contribution in [0.1, 0.15) is 39.5 Å². The van der Waals surface area contributed by atoms with E-state index in [1.54, 1.807) is 4.90 Å². The highest BCUT2D eigenvalue weighted by Gasteiger charge is 2.47. The van der Waals surface area contributed by atoms with Crippen molar-refractivity contribution in [2.75, 3.05) is 19.7 Å². The van der Waals surface area contributed by atoms with Gasteiger partial charge in [-0.15, -0.1) is 0 Å². The van der Waals surface area contributed by atoms with Gasteiger partial charge in [0.15, 0.2) is 0 Å². The summed E-state index contributed by atoms with van der Waals surface area (Å²) in [6.07, 6.45) is 2.82. The number of nitrogens with zero attached hydrogens (tertiary/aromatic N) is 1. The molecule has 102 valence electrons. The van der Waals surface area contributed by atoms with Crippen molar-refractivity contribution in [2.45, 2.75) is 45.1 Å². The maximum Gasteiger partial charge on any atom is 0.410 e. The van der Waals surface area contributed by atoms with E-state index in [9.17, 15) is 9.59 Å². The van der Waals surface area contributed by atoms with Crippen molar-refractivity contribution in [3.8, 4) is 0 Å². The van der Waals surface area contributed by atoms with Crippen molar-refractivity contribution in [1.82, 2.24) is 4.90 Å². The Labute approximate surface area is 107 Å². The van der Waals surface area contributed by atoms with Crippen LogP contribution in [0.15, 0.2) is 0 Å². The summed E-state index contributed by atoms with van der Waals surface area (Å²) < 4.78 is 10.6. The predicted octanol–water partition coefficient (Wildman–Crippen LogP) is 1.95. The van der Waals surface area contributed by atoms with Crippen LogP contribution in [-0.2, 0) is 14.3 Å². The van der Waals surface area contributed by atoms with Crippen molar-refractivity contribution in [3.05, 3.63) is 0 Å². The van der Waals surface area contributed by atoms with Crippen molar-refractivity contribution in [2.24, 2.45) is 5.92 Å². The molecule has 2 fully saturated rings. The number of hydrogen-bond acceptors (Lipinski definition) is 4. The van der Waals surface area contributed by atoms with Crippen LogP contribution >= 0.6 is 0 Å². The van der Waals surface area contributed by atoms with E-state index >= 15 is 0 Å². The number of carbonyl (C=O) groups excluding carboxylic acids is 2. The topological polar surface area (TPSA) is 55.8 Å². The van der Waals surface area contributed by atoms with Gasteiger partial charge in [-0.05, 0) is 39.5 Å². The molecule has 5 nitrogen and oxygen atoms in total. The molecule has 0 radical (unpaired) electrons. The molecule has 1 aliphatic carbocycles. The molecule has 1 amide bonds. The zero-order valence-corrected chi connectivity index (χ0v) is 11.1. The molecular weight excluding hydrogens is 234 g/mol. The first kappa shape index (κ1) is 13.2. The standard InChI is InChI=1S/C13H21NO4/c1-3-14-9-13(18-12(14)16)7-5-10(6-8-13)11(15)17-4-2/h10H,3-9H2,1-2H3. The number of esters is 1. The highest BCUT2D eigenvalue weighted by molar-refractivity contribution is 5.73. The van der Waals surface area contributed by atoms with Gasteiger partial charge in [0.1, 0.15) is 5.60 Å². The fraction of sp³-hybridized carbons (Fsp3) is 0.846. The van der Waals surface area contributed by atoms with Crippen LogP contribution in [0.4, 0.5) is 4.79 Å². The number of likely N-dealkylation sites (N-methyl/N-ethyl adjacent to an activating group) is 1. The SMILES string of the molecule is CCOC(=O)C1CCC2(CC1)CN(CC)C(=O)O2. The van der Waals surface area contributed by atoms with Crippen LogP contribution in [0.5, 0.6) is 0 Å². The van der Waals surface area contributed by atoms with Gasteiger partial charge in [-0.3, -0.25) is 4.79 Å². The van der Waals surface area contributed by atoms with E-state index in [1.807, 2.05) is 13.8 Å². The Bertz CT molecular complexity index is 334. The number of rotatable bonds is 3. The van der Waals surface area contributed by atoms with Crippen molar-refractivity contribution in [3.63, 3.8) is 0 Å². The molecule has 1 saturated heterocycles. The third kappa shape index (κ3) is 2.44. The van der Waals surface area contributed by atoms with Gasteiger partial charge in [0.2, 0.25) is 0 Å². The minimum Gasteiger partial charge on any atom is -0.466 e. The zero-order chi connectivity index (χ0) is 13.2. The summed E-state index contributed by atoms with van der Waals surface area (Å²) in [5.41, 5.74) is -0.351. The van der Waals surface area contributed by atoms with Crippen LogP contribution in [0, 0.1) is 5.92 Å². The van der Waals surface area contributed by atoms with E-state index in [0.29, 0.717) is 19.7 Å². The summed E-state index contributed by atoms with van der Waals surface area (Å²) in [5.74, 6) is -0.131. The number of carbonyl (C=O) groups is 2. The van der Waals surface area contributed by atoms with Crippen LogP contribution in [-0.4, -0.2) is 42.3 Å². The van der Waals surface area contributed by atoms with Crippen molar-refractivity contribution in [1.29, 1.82) is 0 Å². The molecule has 0 aromatic carbocycles. The zero-order valence-electron chi connectivity index (χ0n) is 11.1. The molecule has 1 saturated carbocycles. The summed E-state index contributed by atoms with van der Waals surface area (Å²) in [5, 5.41) is 0. The van der Waals surface area contributed by atoms with Crippen molar-refractivity contribution >= 4 is 12.1 Å². The Hall–Kier alpha value is -1.26. The molecule has 0 unspecified atom stereocenters. The fourth-order valence-electron chi connectivity index (χ4n) is 2.84. The predicted molar refractivity (Wildman–Crippen MR) is 65.1 cm³/mol. The minimum absolute atomic E-state index is 0.0232. The van der Waals surface area contributed by atoms with E-state index in [2.05, 4.69) is 0 Å². The van der Waals surface area contributed by atoms with E-state index in [4.69, 9.17) is 9.47 Å². The lowest BCUT2D eigenvalue weighted by Crippen LogP contribution is -2.40. The van der Waals surface area contributed by atoms with E-state index in [1.165, 1.54) is 0 Å². The first-order chi connectivity index (χ1) is 8.60. The second-order valence-electron chi connectivity index (χ2n) is 5.09.